The maximum absolute atomic E-state index is 2.73. The molecule has 84 valence electrons. The second kappa shape index (κ2) is 6.44. The minimum Gasteiger partial charge on any atom is -0.300 e. The number of hydrogen-bond acceptors (Lipinski definition) is 1. The van der Waals surface area contributed by atoms with Gasteiger partial charge in [-0.2, -0.15) is 0 Å². The van der Waals surface area contributed by atoms with Crippen molar-refractivity contribution in [2.45, 2.75) is 65.3 Å². The van der Waals surface area contributed by atoms with Crippen molar-refractivity contribution < 1.29 is 0 Å². The monoisotopic (exact) mass is 197 g/mol. The number of hydrogen-bond donors (Lipinski definition) is 0. The van der Waals surface area contributed by atoms with Gasteiger partial charge in [-0.05, 0) is 51.1 Å². The van der Waals surface area contributed by atoms with Crippen LogP contribution in [-0.2, 0) is 0 Å². The Hall–Kier alpha value is -0.0400. The molecule has 0 saturated heterocycles. The third kappa shape index (κ3) is 4.99. The Morgan fingerprint density at radius 1 is 1.14 bits per heavy atom. The van der Waals surface area contributed by atoms with Gasteiger partial charge in [-0.15, -0.1) is 0 Å². The average molecular weight is 197 g/mol. The molecule has 1 nitrogen and oxygen atoms in total. The molecule has 0 aromatic heterocycles. The summed E-state index contributed by atoms with van der Waals surface area (Å²) in [5, 5.41) is 0. The molecule has 1 aliphatic rings. The van der Waals surface area contributed by atoms with E-state index < -0.39 is 0 Å². The number of nitrogens with zero attached hydrogens (tertiary/aromatic N) is 1. The number of rotatable bonds is 8. The molecule has 0 aliphatic heterocycles. The molecule has 1 aliphatic carbocycles. The highest BCUT2D eigenvalue weighted by molar-refractivity contribution is 4.84. The van der Waals surface area contributed by atoms with Gasteiger partial charge in [0.25, 0.3) is 0 Å². The zero-order valence-corrected chi connectivity index (χ0v) is 10.3. The van der Waals surface area contributed by atoms with Crippen LogP contribution in [0, 0.1) is 5.92 Å². The van der Waals surface area contributed by atoms with Gasteiger partial charge in [0.05, 0.1) is 0 Å². The second-order valence-corrected chi connectivity index (χ2v) is 5.16. The molecule has 1 heteroatoms. The van der Waals surface area contributed by atoms with E-state index in [0.717, 1.165) is 12.0 Å². The summed E-state index contributed by atoms with van der Waals surface area (Å²) in [6.07, 6.45) is 8.45. The largest absolute Gasteiger partial charge is 0.300 e. The molecule has 0 aromatic rings. The summed E-state index contributed by atoms with van der Waals surface area (Å²) >= 11 is 0. The lowest BCUT2D eigenvalue weighted by atomic mass is 10.1. The standard InChI is InChI=1S/C13H27N/c1-4-5-10-14(13-8-9-13)11-6-7-12(2)3/h12-13H,4-11H2,1-3H3. The van der Waals surface area contributed by atoms with E-state index in [-0.39, 0.29) is 0 Å². The minimum atomic E-state index is 0.877. The molecule has 14 heavy (non-hydrogen) atoms. The van der Waals surface area contributed by atoms with Crippen LogP contribution in [0.25, 0.3) is 0 Å². The fourth-order valence-corrected chi connectivity index (χ4v) is 1.98. The van der Waals surface area contributed by atoms with Crippen LogP contribution in [0.3, 0.4) is 0 Å². The first-order chi connectivity index (χ1) is 6.74. The minimum absolute atomic E-state index is 0.877. The first-order valence-corrected chi connectivity index (χ1v) is 6.48. The van der Waals surface area contributed by atoms with E-state index in [0.29, 0.717) is 0 Å². The van der Waals surface area contributed by atoms with Crippen LogP contribution in [-0.4, -0.2) is 24.0 Å². The van der Waals surface area contributed by atoms with Gasteiger partial charge in [-0.1, -0.05) is 27.2 Å². The van der Waals surface area contributed by atoms with Gasteiger partial charge >= 0.3 is 0 Å². The summed E-state index contributed by atoms with van der Waals surface area (Å²) in [6, 6.07) is 0.966. The van der Waals surface area contributed by atoms with E-state index in [1.807, 2.05) is 0 Å². The summed E-state index contributed by atoms with van der Waals surface area (Å²) in [5.41, 5.74) is 0. The van der Waals surface area contributed by atoms with Crippen molar-refractivity contribution in [2.75, 3.05) is 13.1 Å². The molecule has 0 bridgehead atoms. The highest BCUT2D eigenvalue weighted by Crippen LogP contribution is 2.27. The van der Waals surface area contributed by atoms with Crippen molar-refractivity contribution in [2.24, 2.45) is 5.92 Å². The van der Waals surface area contributed by atoms with E-state index in [1.54, 1.807) is 0 Å². The molecule has 0 atom stereocenters. The normalized spacial score (nSPS) is 16.9. The summed E-state index contributed by atoms with van der Waals surface area (Å²) < 4.78 is 0. The lowest BCUT2D eigenvalue weighted by Crippen LogP contribution is -2.28. The third-order valence-corrected chi connectivity index (χ3v) is 3.09. The Bertz CT molecular complexity index is 138. The molecule has 0 aromatic carbocycles. The van der Waals surface area contributed by atoms with Gasteiger partial charge < -0.3 is 4.90 Å². The molecule has 0 spiro atoms. The maximum Gasteiger partial charge on any atom is 0.00964 e. The lowest BCUT2D eigenvalue weighted by Gasteiger charge is -2.21. The molecule has 0 heterocycles. The molecule has 1 fully saturated rings. The predicted molar refractivity (Wildman–Crippen MR) is 63.6 cm³/mol. The summed E-state index contributed by atoms with van der Waals surface area (Å²) in [6.45, 7) is 9.64. The maximum atomic E-state index is 2.73. The van der Waals surface area contributed by atoms with Crippen molar-refractivity contribution in [3.8, 4) is 0 Å². The Morgan fingerprint density at radius 3 is 2.29 bits per heavy atom. The fourth-order valence-electron chi connectivity index (χ4n) is 1.98. The SMILES string of the molecule is CCCCN(CCCC(C)C)C1CC1. The van der Waals surface area contributed by atoms with Crippen molar-refractivity contribution in [3.63, 3.8) is 0 Å². The van der Waals surface area contributed by atoms with Crippen LogP contribution < -0.4 is 0 Å². The second-order valence-electron chi connectivity index (χ2n) is 5.16. The Balaban J connectivity index is 2.08. The van der Waals surface area contributed by atoms with Gasteiger partial charge in [0, 0.05) is 6.04 Å². The predicted octanol–water partition coefficient (Wildman–Crippen LogP) is 3.69. The zero-order chi connectivity index (χ0) is 10.4. The van der Waals surface area contributed by atoms with Gasteiger partial charge in [-0.25, -0.2) is 0 Å². The molecular weight excluding hydrogens is 170 g/mol. The molecule has 1 rings (SSSR count). The first-order valence-electron chi connectivity index (χ1n) is 6.48. The van der Waals surface area contributed by atoms with Crippen LogP contribution in [0.5, 0.6) is 0 Å². The van der Waals surface area contributed by atoms with E-state index in [1.165, 1.54) is 51.6 Å². The average Bonchev–Trinajstić information content (AvgIpc) is 2.93. The van der Waals surface area contributed by atoms with Gasteiger partial charge in [0.15, 0.2) is 0 Å². The van der Waals surface area contributed by atoms with Gasteiger partial charge in [0.2, 0.25) is 0 Å². The van der Waals surface area contributed by atoms with Crippen molar-refractivity contribution >= 4 is 0 Å². The molecule has 0 N–H and O–H groups in total. The Labute approximate surface area is 89.9 Å². The van der Waals surface area contributed by atoms with E-state index in [2.05, 4.69) is 25.7 Å². The lowest BCUT2D eigenvalue weighted by molar-refractivity contribution is 0.249. The summed E-state index contributed by atoms with van der Waals surface area (Å²) in [4.78, 5) is 2.73. The molecule has 0 amide bonds. The highest BCUT2D eigenvalue weighted by Gasteiger charge is 2.27. The van der Waals surface area contributed by atoms with Crippen molar-refractivity contribution in [1.29, 1.82) is 0 Å². The van der Waals surface area contributed by atoms with E-state index in [4.69, 9.17) is 0 Å². The van der Waals surface area contributed by atoms with Crippen LogP contribution in [0.15, 0.2) is 0 Å². The summed E-state index contributed by atoms with van der Waals surface area (Å²) in [5.74, 6) is 0.877. The summed E-state index contributed by atoms with van der Waals surface area (Å²) in [7, 11) is 0. The highest BCUT2D eigenvalue weighted by atomic mass is 15.2. The quantitative estimate of drug-likeness (QED) is 0.573. The topological polar surface area (TPSA) is 3.24 Å². The molecular formula is C13H27N. The van der Waals surface area contributed by atoms with E-state index in [9.17, 15) is 0 Å². The number of unbranched alkanes of at least 4 members (excludes halogenated alkanes) is 1. The van der Waals surface area contributed by atoms with Crippen LogP contribution in [0.1, 0.15) is 59.3 Å². The van der Waals surface area contributed by atoms with E-state index >= 15 is 0 Å². The Kier molecular flexibility index (Phi) is 5.54. The fraction of sp³-hybridized carbons (Fsp3) is 1.00. The van der Waals surface area contributed by atoms with Crippen LogP contribution in [0.2, 0.25) is 0 Å². The van der Waals surface area contributed by atoms with Crippen LogP contribution in [0.4, 0.5) is 0 Å². The van der Waals surface area contributed by atoms with Crippen molar-refractivity contribution in [3.05, 3.63) is 0 Å². The molecule has 0 unspecified atom stereocenters. The zero-order valence-electron chi connectivity index (χ0n) is 10.3. The molecule has 0 radical (unpaired) electrons. The molecule has 1 saturated carbocycles. The van der Waals surface area contributed by atoms with Gasteiger partial charge in [0.1, 0.15) is 0 Å². The van der Waals surface area contributed by atoms with Crippen LogP contribution >= 0.6 is 0 Å². The third-order valence-electron chi connectivity index (χ3n) is 3.09. The van der Waals surface area contributed by atoms with Gasteiger partial charge in [-0.3, -0.25) is 0 Å². The van der Waals surface area contributed by atoms with Crippen molar-refractivity contribution in [1.82, 2.24) is 4.90 Å². The first kappa shape index (κ1) is 12.0. The Morgan fingerprint density at radius 2 is 1.79 bits per heavy atom. The smallest absolute Gasteiger partial charge is 0.00964 e.